The van der Waals surface area contributed by atoms with Crippen LogP contribution in [0.1, 0.15) is 39.4 Å². The van der Waals surface area contributed by atoms with E-state index in [1.54, 1.807) is 13.3 Å². The molecule has 130 valence electrons. The Hall–Kier alpha value is -2.41. The van der Waals surface area contributed by atoms with Crippen molar-refractivity contribution in [1.29, 1.82) is 0 Å². The summed E-state index contributed by atoms with van der Waals surface area (Å²) < 4.78 is 0. The SMILES string of the molecule is C/C=N/OCC.CNC(C(N)=O)c1ccc(/C(C)=N\OC)cc1.[HH]. The van der Waals surface area contributed by atoms with Gasteiger partial charge in [-0.25, -0.2) is 0 Å². The summed E-state index contributed by atoms with van der Waals surface area (Å²) in [6.07, 6.45) is 1.61. The Morgan fingerprint density at radius 3 is 2.39 bits per heavy atom. The maximum Gasteiger partial charge on any atom is 0.239 e. The molecule has 1 amide bonds. The fraction of sp³-hybridized carbons (Fsp3) is 0.438. The van der Waals surface area contributed by atoms with Crippen molar-refractivity contribution in [3.8, 4) is 0 Å². The number of likely N-dealkylation sites (N-methyl/N-ethyl adjacent to an activating group) is 1. The summed E-state index contributed by atoms with van der Waals surface area (Å²) in [6.45, 7) is 6.22. The van der Waals surface area contributed by atoms with Gasteiger partial charge in [0.25, 0.3) is 0 Å². The van der Waals surface area contributed by atoms with Gasteiger partial charge in [0.1, 0.15) is 19.8 Å². The van der Waals surface area contributed by atoms with E-state index in [9.17, 15) is 4.79 Å². The molecule has 0 saturated heterocycles. The molecule has 0 radical (unpaired) electrons. The molecule has 1 aromatic rings. The van der Waals surface area contributed by atoms with Gasteiger partial charge in [0.15, 0.2) is 0 Å². The van der Waals surface area contributed by atoms with Gasteiger partial charge in [-0.1, -0.05) is 34.6 Å². The van der Waals surface area contributed by atoms with Gasteiger partial charge in [-0.05, 0) is 38.9 Å². The number of hydrogen-bond donors (Lipinski definition) is 2. The van der Waals surface area contributed by atoms with E-state index in [2.05, 4.69) is 20.5 Å². The Morgan fingerprint density at radius 2 is 2.04 bits per heavy atom. The molecule has 0 aromatic heterocycles. The van der Waals surface area contributed by atoms with Gasteiger partial charge in [0, 0.05) is 7.64 Å². The first-order valence-corrected chi connectivity index (χ1v) is 7.26. The van der Waals surface area contributed by atoms with E-state index >= 15 is 0 Å². The quantitative estimate of drug-likeness (QED) is 0.592. The Kier molecular flexibility index (Phi) is 10.9. The first kappa shape index (κ1) is 20.6. The highest BCUT2D eigenvalue weighted by molar-refractivity contribution is 5.98. The smallest absolute Gasteiger partial charge is 0.239 e. The summed E-state index contributed by atoms with van der Waals surface area (Å²) in [5.74, 6) is -0.400. The number of amides is 1. The fourth-order valence-corrected chi connectivity index (χ4v) is 1.73. The van der Waals surface area contributed by atoms with Crippen LogP contribution < -0.4 is 11.1 Å². The average molecular weight is 324 g/mol. The second-order valence-electron chi connectivity index (χ2n) is 4.39. The van der Waals surface area contributed by atoms with Crippen LogP contribution in [0.25, 0.3) is 0 Å². The summed E-state index contributed by atoms with van der Waals surface area (Å²) >= 11 is 0. The van der Waals surface area contributed by atoms with Crippen molar-refractivity contribution in [2.45, 2.75) is 26.8 Å². The summed E-state index contributed by atoms with van der Waals surface area (Å²) in [5, 5.41) is 10.2. The Morgan fingerprint density at radius 1 is 1.43 bits per heavy atom. The van der Waals surface area contributed by atoms with Crippen molar-refractivity contribution < 1.29 is 15.9 Å². The van der Waals surface area contributed by atoms with E-state index in [0.717, 1.165) is 16.8 Å². The van der Waals surface area contributed by atoms with E-state index in [4.69, 9.17) is 10.6 Å². The van der Waals surface area contributed by atoms with Crippen LogP contribution in [0.5, 0.6) is 0 Å². The molecule has 7 nitrogen and oxygen atoms in total. The van der Waals surface area contributed by atoms with Crippen LogP contribution in [0.4, 0.5) is 0 Å². The van der Waals surface area contributed by atoms with Crippen LogP contribution in [-0.2, 0) is 14.5 Å². The van der Waals surface area contributed by atoms with E-state index in [-0.39, 0.29) is 1.43 Å². The number of carbonyl (C=O) groups excluding carboxylic acids is 1. The molecule has 1 unspecified atom stereocenters. The van der Waals surface area contributed by atoms with Crippen molar-refractivity contribution >= 4 is 17.8 Å². The average Bonchev–Trinajstić information content (AvgIpc) is 2.54. The lowest BCUT2D eigenvalue weighted by Crippen LogP contribution is -2.31. The zero-order valence-electron chi connectivity index (χ0n) is 14.4. The number of primary amides is 1. The number of nitrogens with zero attached hydrogens (tertiary/aromatic N) is 2. The molecule has 1 rings (SSSR count). The minimum Gasteiger partial charge on any atom is -0.399 e. The summed E-state index contributed by atoms with van der Waals surface area (Å²) in [7, 11) is 3.20. The molecule has 0 fully saturated rings. The fourth-order valence-electron chi connectivity index (χ4n) is 1.73. The normalized spacial score (nSPS) is 12.3. The number of oxime groups is 2. The molecule has 1 atom stereocenters. The van der Waals surface area contributed by atoms with Crippen LogP contribution >= 0.6 is 0 Å². The molecule has 0 bridgehead atoms. The van der Waals surface area contributed by atoms with Crippen molar-refractivity contribution in [2.75, 3.05) is 20.8 Å². The largest absolute Gasteiger partial charge is 0.399 e. The van der Waals surface area contributed by atoms with Crippen LogP contribution in [0.3, 0.4) is 0 Å². The van der Waals surface area contributed by atoms with Crippen LogP contribution in [0.2, 0.25) is 0 Å². The van der Waals surface area contributed by atoms with Gasteiger partial charge >= 0.3 is 0 Å². The highest BCUT2D eigenvalue weighted by Crippen LogP contribution is 2.13. The Labute approximate surface area is 139 Å². The second kappa shape index (κ2) is 12.2. The number of nitrogens with one attached hydrogen (secondary N) is 1. The molecule has 0 spiro atoms. The molecule has 7 heteroatoms. The predicted molar refractivity (Wildman–Crippen MR) is 94.6 cm³/mol. The molecule has 0 aliphatic carbocycles. The molecule has 0 heterocycles. The lowest BCUT2D eigenvalue weighted by Gasteiger charge is -2.12. The zero-order valence-corrected chi connectivity index (χ0v) is 14.4. The second-order valence-corrected chi connectivity index (χ2v) is 4.39. The lowest BCUT2D eigenvalue weighted by molar-refractivity contribution is -0.120. The zero-order chi connectivity index (χ0) is 17.7. The molecule has 0 aliphatic heterocycles. The number of nitrogens with two attached hydrogens (primary N) is 1. The van der Waals surface area contributed by atoms with Crippen molar-refractivity contribution in [3.05, 3.63) is 35.4 Å². The van der Waals surface area contributed by atoms with E-state index in [1.807, 2.05) is 45.0 Å². The number of rotatable bonds is 7. The van der Waals surface area contributed by atoms with E-state index < -0.39 is 11.9 Å². The van der Waals surface area contributed by atoms with E-state index in [0.29, 0.717) is 6.61 Å². The molecular formula is C16H28N4O3. The Balaban J connectivity index is 0. The third-order valence-electron chi connectivity index (χ3n) is 2.77. The first-order chi connectivity index (χ1) is 11.0. The molecule has 23 heavy (non-hydrogen) atoms. The maximum absolute atomic E-state index is 11.2. The van der Waals surface area contributed by atoms with Gasteiger partial charge in [0.2, 0.25) is 5.91 Å². The first-order valence-electron chi connectivity index (χ1n) is 7.26. The van der Waals surface area contributed by atoms with Gasteiger partial charge < -0.3 is 20.7 Å². The lowest BCUT2D eigenvalue weighted by atomic mass is 10.0. The minimum atomic E-state index is -0.469. The van der Waals surface area contributed by atoms with Crippen LogP contribution in [0, 0.1) is 0 Å². The number of hydrogen-bond acceptors (Lipinski definition) is 6. The number of carbonyl (C=O) groups is 1. The monoisotopic (exact) mass is 324 g/mol. The van der Waals surface area contributed by atoms with Crippen LogP contribution in [-0.4, -0.2) is 38.6 Å². The standard InChI is InChI=1S/C12H17N3O2.C4H9NO.H2/c1-8(15-17-3)9-4-6-10(7-5-9)11(14-2)12(13)16;1-3-5-6-4-2;/h4-7,11,14H,1-3H3,(H2,13,16);3H,4H2,1-2H3;1H/b15-8-;5-3+;. The molecule has 3 N–H and O–H groups in total. The maximum atomic E-state index is 11.2. The van der Waals surface area contributed by atoms with Crippen molar-refractivity contribution in [3.63, 3.8) is 0 Å². The van der Waals surface area contributed by atoms with Gasteiger partial charge in [-0.2, -0.15) is 0 Å². The third-order valence-corrected chi connectivity index (χ3v) is 2.77. The van der Waals surface area contributed by atoms with Gasteiger partial charge in [-0.15, -0.1) is 0 Å². The highest BCUT2D eigenvalue weighted by Gasteiger charge is 2.14. The summed E-state index contributed by atoms with van der Waals surface area (Å²) in [6, 6.07) is 6.97. The molecule has 0 aliphatic rings. The minimum absolute atomic E-state index is 0. The highest BCUT2D eigenvalue weighted by atomic mass is 16.6. The molecule has 1 aromatic carbocycles. The number of benzene rings is 1. The van der Waals surface area contributed by atoms with Crippen molar-refractivity contribution in [1.82, 2.24) is 5.32 Å². The van der Waals surface area contributed by atoms with Crippen LogP contribution in [0.15, 0.2) is 34.6 Å². The Bertz CT molecular complexity index is 519. The topological polar surface area (TPSA) is 98.3 Å². The van der Waals surface area contributed by atoms with E-state index in [1.165, 1.54) is 7.11 Å². The van der Waals surface area contributed by atoms with Crippen molar-refractivity contribution in [2.24, 2.45) is 16.0 Å². The third kappa shape index (κ3) is 7.96. The van der Waals surface area contributed by atoms with Gasteiger partial charge in [0.05, 0.1) is 5.71 Å². The predicted octanol–water partition coefficient (Wildman–Crippen LogP) is 2.08. The molecular weight excluding hydrogens is 296 g/mol. The summed E-state index contributed by atoms with van der Waals surface area (Å²) in [4.78, 5) is 20.4. The summed E-state index contributed by atoms with van der Waals surface area (Å²) in [5.41, 5.74) is 7.82. The molecule has 0 saturated carbocycles. The van der Waals surface area contributed by atoms with Gasteiger partial charge in [-0.3, -0.25) is 4.79 Å².